The summed E-state index contributed by atoms with van der Waals surface area (Å²) in [5.74, 6) is -1.25. The van der Waals surface area contributed by atoms with Crippen LogP contribution in [-0.2, 0) is 20.9 Å². The van der Waals surface area contributed by atoms with Crippen LogP contribution in [0.2, 0.25) is 0 Å². The van der Waals surface area contributed by atoms with Gasteiger partial charge in [-0.3, -0.25) is 10.5 Å². The number of amides is 1. The molecule has 0 fully saturated rings. The van der Waals surface area contributed by atoms with Crippen LogP contribution in [0.1, 0.15) is 12.5 Å². The van der Waals surface area contributed by atoms with E-state index in [-0.39, 0.29) is 6.61 Å². The average molecular weight is 244 g/mol. The second-order valence-electron chi connectivity index (χ2n) is 3.63. The summed E-state index contributed by atoms with van der Waals surface area (Å²) in [5.41, 5.74) is 7.94. The third-order valence-corrected chi connectivity index (χ3v) is 2.13. The highest BCUT2D eigenvalue weighted by atomic mass is 16.5. The zero-order valence-electron chi connectivity index (χ0n) is 10.1. The van der Waals surface area contributed by atoms with Crippen LogP contribution >= 0.6 is 0 Å². The van der Waals surface area contributed by atoms with E-state index in [0.717, 1.165) is 11.6 Å². The summed E-state index contributed by atoms with van der Waals surface area (Å²) in [6.45, 7) is 1.80. The van der Waals surface area contributed by atoms with Gasteiger partial charge in [-0.2, -0.15) is 0 Å². The molecule has 93 valence electrons. The molecule has 0 aliphatic heterocycles. The van der Waals surface area contributed by atoms with Gasteiger partial charge in [0.2, 0.25) is 0 Å². The molecule has 0 bridgehead atoms. The van der Waals surface area contributed by atoms with E-state index < -0.39 is 11.9 Å². The maximum Gasteiger partial charge on any atom is 0.334 e. The second-order valence-corrected chi connectivity index (χ2v) is 3.63. The Hall–Kier alpha value is -2.36. The van der Waals surface area contributed by atoms with Crippen LogP contribution in [0.4, 0.5) is 0 Å². The lowest BCUT2D eigenvalue weighted by molar-refractivity contribution is -0.140. The molecule has 0 spiro atoms. The van der Waals surface area contributed by atoms with Crippen LogP contribution in [0.25, 0.3) is 0 Å². The predicted octanol–water partition coefficient (Wildman–Crippen LogP) is 2.04. The zero-order chi connectivity index (χ0) is 13.4. The van der Waals surface area contributed by atoms with Crippen LogP contribution in [0.15, 0.2) is 54.1 Å². The van der Waals surface area contributed by atoms with Crippen molar-refractivity contribution in [1.82, 2.24) is 5.73 Å². The highest BCUT2D eigenvalue weighted by Crippen LogP contribution is 2.04. The minimum Gasteiger partial charge on any atom is -0.457 e. The number of esters is 1. The number of carbonyl (C=O) groups is 2. The van der Waals surface area contributed by atoms with E-state index >= 15 is 0 Å². The Morgan fingerprint density at radius 1 is 1.28 bits per heavy atom. The van der Waals surface area contributed by atoms with E-state index in [1.54, 1.807) is 6.92 Å². The van der Waals surface area contributed by atoms with Gasteiger partial charge in [-0.1, -0.05) is 42.5 Å². The molecule has 1 rings (SSSR count). The van der Waals surface area contributed by atoms with Gasteiger partial charge in [0.05, 0.1) is 0 Å². The van der Waals surface area contributed by atoms with Gasteiger partial charge in [-0.15, -0.1) is 0 Å². The minimum absolute atomic E-state index is 0.214. The maximum absolute atomic E-state index is 11.5. The van der Waals surface area contributed by atoms with Gasteiger partial charge in [0.25, 0.3) is 5.91 Å². The minimum atomic E-state index is -0.809. The van der Waals surface area contributed by atoms with E-state index in [2.05, 4.69) is 0 Å². The summed E-state index contributed by atoms with van der Waals surface area (Å²) < 4.78 is 5.07. The van der Waals surface area contributed by atoms with Crippen LogP contribution < -0.4 is 5.73 Å². The number of benzene rings is 1. The van der Waals surface area contributed by atoms with Gasteiger partial charge in [0.15, 0.2) is 0 Å². The Morgan fingerprint density at radius 3 is 2.56 bits per heavy atom. The van der Waals surface area contributed by atoms with Crippen LogP contribution in [0.3, 0.4) is 0 Å². The third-order valence-electron chi connectivity index (χ3n) is 2.13. The van der Waals surface area contributed by atoms with E-state index in [1.165, 1.54) is 12.2 Å². The van der Waals surface area contributed by atoms with E-state index in [4.69, 9.17) is 10.5 Å². The lowest BCUT2D eigenvalue weighted by Crippen LogP contribution is -2.05. The van der Waals surface area contributed by atoms with Gasteiger partial charge in [0, 0.05) is 11.6 Å². The molecule has 0 unspecified atom stereocenters. The number of hydrogen-bond donors (Lipinski definition) is 0. The highest BCUT2D eigenvalue weighted by Gasteiger charge is 2.04. The number of hydrogen-bond acceptors (Lipinski definition) is 3. The van der Waals surface area contributed by atoms with Crippen LogP contribution in [0.5, 0.6) is 0 Å². The lowest BCUT2D eigenvalue weighted by atomic mass is 10.2. The van der Waals surface area contributed by atoms with Crippen molar-refractivity contribution in [1.29, 1.82) is 0 Å². The number of rotatable bonds is 5. The summed E-state index contributed by atoms with van der Waals surface area (Å²) >= 11 is 0. The van der Waals surface area contributed by atoms with E-state index in [0.29, 0.717) is 5.57 Å². The summed E-state index contributed by atoms with van der Waals surface area (Å²) in [7, 11) is 0. The summed E-state index contributed by atoms with van der Waals surface area (Å²) in [6.07, 6.45) is 3.86. The second kappa shape index (κ2) is 7.06. The Morgan fingerprint density at radius 2 is 1.94 bits per heavy atom. The van der Waals surface area contributed by atoms with Crippen LogP contribution in [-0.4, -0.2) is 11.9 Å². The molecular formula is C14H14NO3. The van der Waals surface area contributed by atoms with Gasteiger partial charge in [-0.25, -0.2) is 4.79 Å². The fraction of sp³-hybridized carbons (Fsp3) is 0.143. The van der Waals surface area contributed by atoms with Gasteiger partial charge in [-0.05, 0) is 12.5 Å². The molecule has 4 nitrogen and oxygen atoms in total. The molecule has 0 aliphatic carbocycles. The zero-order valence-corrected chi connectivity index (χ0v) is 10.1. The van der Waals surface area contributed by atoms with Crippen molar-refractivity contribution in [2.75, 3.05) is 0 Å². The van der Waals surface area contributed by atoms with Crippen molar-refractivity contribution in [3.63, 3.8) is 0 Å². The standard InChI is InChI=1S/C14H14NO3/c1-11(6-5-9-13(15)16)14(17)18-10-12-7-3-2-4-8-12/h2-9,15H,10H2,1H3. The molecule has 0 heterocycles. The Balaban J connectivity index is 2.48. The Kier molecular flexibility index (Phi) is 5.38. The van der Waals surface area contributed by atoms with Crippen molar-refractivity contribution >= 4 is 11.9 Å². The lowest BCUT2D eigenvalue weighted by Gasteiger charge is -2.04. The molecule has 1 aromatic rings. The van der Waals surface area contributed by atoms with Gasteiger partial charge >= 0.3 is 5.97 Å². The molecule has 1 radical (unpaired) electrons. The number of nitrogens with one attached hydrogen (secondary N) is 1. The molecule has 0 aliphatic rings. The first kappa shape index (κ1) is 13.7. The van der Waals surface area contributed by atoms with E-state index in [9.17, 15) is 9.59 Å². The van der Waals surface area contributed by atoms with Crippen molar-refractivity contribution in [2.45, 2.75) is 13.5 Å². The molecule has 4 heteroatoms. The van der Waals surface area contributed by atoms with Crippen molar-refractivity contribution in [3.8, 4) is 0 Å². The molecule has 0 saturated heterocycles. The monoisotopic (exact) mass is 244 g/mol. The molecular weight excluding hydrogens is 230 g/mol. The molecule has 0 aromatic heterocycles. The summed E-state index contributed by atoms with van der Waals surface area (Å²) in [4.78, 5) is 21.9. The fourth-order valence-electron chi connectivity index (χ4n) is 1.18. The molecule has 0 atom stereocenters. The van der Waals surface area contributed by atoms with Gasteiger partial charge < -0.3 is 4.74 Å². The number of carbonyl (C=O) groups excluding carboxylic acids is 2. The smallest absolute Gasteiger partial charge is 0.334 e. The molecule has 0 saturated carbocycles. The predicted molar refractivity (Wildman–Crippen MR) is 67.2 cm³/mol. The Bertz CT molecular complexity index is 475. The fourth-order valence-corrected chi connectivity index (χ4v) is 1.18. The molecule has 1 amide bonds. The van der Waals surface area contributed by atoms with Crippen molar-refractivity contribution in [2.24, 2.45) is 0 Å². The SMILES string of the molecule is CC(=CC=CC([NH])=O)C(=O)OCc1ccccc1. The van der Waals surface area contributed by atoms with Crippen molar-refractivity contribution < 1.29 is 14.3 Å². The summed E-state index contributed by atoms with van der Waals surface area (Å²) in [5, 5.41) is 0. The molecule has 18 heavy (non-hydrogen) atoms. The quantitative estimate of drug-likeness (QED) is 0.452. The average Bonchev–Trinajstić information content (AvgIpc) is 2.36. The number of ether oxygens (including phenoxy) is 1. The number of allylic oxidation sites excluding steroid dienone is 2. The summed E-state index contributed by atoms with van der Waals surface area (Å²) in [6, 6.07) is 9.36. The van der Waals surface area contributed by atoms with Gasteiger partial charge in [0.1, 0.15) is 6.61 Å². The van der Waals surface area contributed by atoms with Crippen molar-refractivity contribution in [3.05, 3.63) is 59.7 Å². The van der Waals surface area contributed by atoms with Crippen LogP contribution in [0, 0.1) is 0 Å². The molecule has 1 aromatic carbocycles. The molecule has 1 N–H and O–H groups in total. The highest BCUT2D eigenvalue weighted by molar-refractivity contribution is 5.89. The first-order chi connectivity index (χ1) is 8.59. The maximum atomic E-state index is 11.5. The first-order valence-corrected chi connectivity index (χ1v) is 5.41. The largest absolute Gasteiger partial charge is 0.457 e. The first-order valence-electron chi connectivity index (χ1n) is 5.41. The topological polar surface area (TPSA) is 67.2 Å². The third kappa shape index (κ3) is 5.12. The van der Waals surface area contributed by atoms with E-state index in [1.807, 2.05) is 30.3 Å². The Labute approximate surface area is 106 Å². The normalized spacial score (nSPS) is 11.5.